The van der Waals surface area contributed by atoms with Crippen molar-refractivity contribution in [3.63, 3.8) is 0 Å². The topological polar surface area (TPSA) is 58.6 Å². The third-order valence-corrected chi connectivity index (χ3v) is 7.44. The number of thioether (sulfide) groups is 1. The number of carbonyl (C=O) groups is 2. The number of alkyl halides is 3. The number of nitrogens with one attached hydrogen (secondary N) is 1. The molecule has 33 heavy (non-hydrogen) atoms. The summed E-state index contributed by atoms with van der Waals surface area (Å²) in [6.45, 7) is 5.12. The highest BCUT2D eigenvalue weighted by Gasteiger charge is 2.42. The van der Waals surface area contributed by atoms with Gasteiger partial charge in [-0.05, 0) is 63.3 Å². The van der Waals surface area contributed by atoms with Crippen LogP contribution in [0, 0.1) is 5.92 Å². The molecule has 182 valence electrons. The van der Waals surface area contributed by atoms with E-state index in [0.717, 1.165) is 31.4 Å². The Morgan fingerprint density at radius 1 is 1.27 bits per heavy atom. The number of hydrogen-bond acceptors (Lipinski definition) is 4. The summed E-state index contributed by atoms with van der Waals surface area (Å²) in [7, 11) is 1.74. The van der Waals surface area contributed by atoms with Gasteiger partial charge in [0.05, 0.1) is 16.6 Å². The van der Waals surface area contributed by atoms with Crippen molar-refractivity contribution in [1.82, 2.24) is 10.2 Å². The van der Waals surface area contributed by atoms with Crippen LogP contribution in [0.1, 0.15) is 50.7 Å². The molecule has 2 aliphatic rings. The fourth-order valence-corrected chi connectivity index (χ4v) is 5.68. The van der Waals surface area contributed by atoms with Crippen molar-refractivity contribution in [2.45, 2.75) is 63.1 Å². The average molecular weight is 485 g/mol. The Kier molecular flexibility index (Phi) is 8.50. The van der Waals surface area contributed by atoms with Gasteiger partial charge in [-0.2, -0.15) is 13.2 Å². The molecule has 2 fully saturated rings. The van der Waals surface area contributed by atoms with Crippen molar-refractivity contribution in [3.8, 4) is 0 Å². The maximum Gasteiger partial charge on any atom is 0.416 e. The Bertz CT molecular complexity index is 871. The predicted octanol–water partition coefficient (Wildman–Crippen LogP) is 4.72. The number of fused-ring (bicyclic) bond motifs is 1. The number of carbonyl (C=O) groups excluding carboxylic acids is 2. The molecule has 1 aliphatic heterocycles. The lowest BCUT2D eigenvalue weighted by Gasteiger charge is -2.44. The summed E-state index contributed by atoms with van der Waals surface area (Å²) in [5.74, 6) is -0.267. The minimum Gasteiger partial charge on any atom is -0.379 e. The minimum absolute atomic E-state index is 0.0231. The predicted molar refractivity (Wildman–Crippen MR) is 123 cm³/mol. The van der Waals surface area contributed by atoms with Crippen LogP contribution in [0.15, 0.2) is 29.2 Å². The van der Waals surface area contributed by atoms with Gasteiger partial charge in [0.25, 0.3) is 5.91 Å². The van der Waals surface area contributed by atoms with E-state index in [2.05, 4.69) is 5.32 Å². The van der Waals surface area contributed by atoms with Gasteiger partial charge in [0, 0.05) is 37.4 Å². The third kappa shape index (κ3) is 6.76. The molecule has 0 aromatic heterocycles. The van der Waals surface area contributed by atoms with Crippen molar-refractivity contribution in [3.05, 3.63) is 40.3 Å². The molecular weight excluding hydrogens is 453 g/mol. The van der Waals surface area contributed by atoms with E-state index >= 15 is 0 Å². The fraction of sp³-hybridized carbons (Fsp3) is 0.583. The number of benzene rings is 1. The van der Waals surface area contributed by atoms with E-state index in [1.807, 2.05) is 13.8 Å². The summed E-state index contributed by atoms with van der Waals surface area (Å²) in [6.07, 6.45) is 0.353. The Morgan fingerprint density at radius 3 is 2.61 bits per heavy atom. The van der Waals surface area contributed by atoms with E-state index in [0.29, 0.717) is 30.0 Å². The second-order valence-electron chi connectivity index (χ2n) is 8.84. The van der Waals surface area contributed by atoms with E-state index < -0.39 is 11.7 Å². The van der Waals surface area contributed by atoms with Crippen LogP contribution in [0.5, 0.6) is 0 Å². The molecule has 1 aliphatic carbocycles. The molecule has 2 amide bonds. The maximum atomic E-state index is 12.9. The summed E-state index contributed by atoms with van der Waals surface area (Å²) in [4.78, 5) is 27.7. The Labute approximate surface area is 197 Å². The highest BCUT2D eigenvalue weighted by Crippen LogP contribution is 2.43. The van der Waals surface area contributed by atoms with Crippen LogP contribution < -0.4 is 5.32 Å². The second kappa shape index (κ2) is 11.0. The zero-order valence-corrected chi connectivity index (χ0v) is 20.0. The normalized spacial score (nSPS) is 24.8. The molecule has 1 saturated carbocycles. The lowest BCUT2D eigenvalue weighted by atomic mass is 9.83. The number of rotatable bonds is 7. The first-order chi connectivity index (χ1) is 15.6. The zero-order chi connectivity index (χ0) is 24.2. The van der Waals surface area contributed by atoms with Gasteiger partial charge >= 0.3 is 6.18 Å². The molecular formula is C24H31F3N2O3S. The lowest BCUT2D eigenvalue weighted by molar-refractivity contribution is -0.137. The molecule has 3 atom stereocenters. The van der Waals surface area contributed by atoms with Crippen LogP contribution in [0.2, 0.25) is 0 Å². The number of ether oxygens (including phenoxy) is 1. The molecule has 1 N–H and O–H groups in total. The molecule has 9 heteroatoms. The Morgan fingerprint density at radius 2 is 1.97 bits per heavy atom. The first kappa shape index (κ1) is 25.6. The monoisotopic (exact) mass is 484 g/mol. The average Bonchev–Trinajstić information content (AvgIpc) is 2.76. The van der Waals surface area contributed by atoms with Gasteiger partial charge in [0.1, 0.15) is 0 Å². The molecule has 1 heterocycles. The summed E-state index contributed by atoms with van der Waals surface area (Å²) in [6, 6.07) is 4.76. The van der Waals surface area contributed by atoms with E-state index in [1.165, 1.54) is 23.9 Å². The largest absolute Gasteiger partial charge is 0.416 e. The Balaban J connectivity index is 1.58. The van der Waals surface area contributed by atoms with Gasteiger partial charge < -0.3 is 15.0 Å². The lowest BCUT2D eigenvalue weighted by Crippen LogP contribution is -2.52. The van der Waals surface area contributed by atoms with Crippen LogP contribution in [-0.2, 0) is 20.5 Å². The van der Waals surface area contributed by atoms with Gasteiger partial charge in [0.15, 0.2) is 0 Å². The molecule has 5 nitrogen and oxygen atoms in total. The minimum atomic E-state index is -4.39. The van der Waals surface area contributed by atoms with E-state index in [1.54, 1.807) is 18.0 Å². The van der Waals surface area contributed by atoms with E-state index in [9.17, 15) is 22.8 Å². The molecule has 3 rings (SSSR count). The van der Waals surface area contributed by atoms with Crippen molar-refractivity contribution in [1.29, 1.82) is 0 Å². The van der Waals surface area contributed by atoms with Crippen LogP contribution in [-0.4, -0.2) is 54.3 Å². The summed E-state index contributed by atoms with van der Waals surface area (Å²) >= 11 is 1.47. The van der Waals surface area contributed by atoms with Gasteiger partial charge in [0.2, 0.25) is 5.91 Å². The number of amides is 2. The van der Waals surface area contributed by atoms with Crippen LogP contribution in [0.3, 0.4) is 0 Å². The highest BCUT2D eigenvalue weighted by atomic mass is 32.2. The van der Waals surface area contributed by atoms with E-state index in [4.69, 9.17) is 4.74 Å². The van der Waals surface area contributed by atoms with Gasteiger partial charge in [-0.1, -0.05) is 12.1 Å². The number of hydrogen-bond donors (Lipinski definition) is 1. The van der Waals surface area contributed by atoms with Crippen LogP contribution >= 0.6 is 11.8 Å². The number of nitrogens with zero attached hydrogens (tertiary/aromatic N) is 1. The van der Waals surface area contributed by atoms with Crippen molar-refractivity contribution in [2.24, 2.45) is 5.92 Å². The van der Waals surface area contributed by atoms with Gasteiger partial charge in [-0.15, -0.1) is 11.8 Å². The van der Waals surface area contributed by atoms with Crippen LogP contribution in [0.4, 0.5) is 13.2 Å². The molecule has 1 aromatic rings. The van der Waals surface area contributed by atoms with Gasteiger partial charge in [-0.25, -0.2) is 0 Å². The van der Waals surface area contributed by atoms with Crippen molar-refractivity contribution < 1.29 is 27.5 Å². The quantitative estimate of drug-likeness (QED) is 0.450. The molecule has 0 radical (unpaired) electrons. The highest BCUT2D eigenvalue weighted by molar-refractivity contribution is 8.04. The third-order valence-electron chi connectivity index (χ3n) is 6.04. The molecule has 0 bridgehead atoms. The summed E-state index contributed by atoms with van der Waals surface area (Å²) < 4.78 is 43.8. The maximum absolute atomic E-state index is 12.9. The van der Waals surface area contributed by atoms with E-state index in [-0.39, 0.29) is 35.1 Å². The smallest absolute Gasteiger partial charge is 0.379 e. The summed E-state index contributed by atoms with van der Waals surface area (Å²) in [5, 5.41) is 3.15. The Hall–Kier alpha value is -2.00. The number of halogens is 3. The second-order valence-corrected chi connectivity index (χ2v) is 10.1. The van der Waals surface area contributed by atoms with Crippen LogP contribution in [0.25, 0.3) is 6.08 Å². The van der Waals surface area contributed by atoms with Crippen molar-refractivity contribution >= 4 is 29.7 Å². The fourth-order valence-electron chi connectivity index (χ4n) is 4.20. The molecule has 0 spiro atoms. The first-order valence-electron chi connectivity index (χ1n) is 11.3. The standard InChI is InChI=1S/C24H31F3N2O3S/c1-15(2)32-12-4-11-28-22(30)17-7-10-20-19(14-17)29(3)23(31)21(33-20)13-16-5-8-18(9-6-16)24(25,26)27/h5-6,8-9,13,15,17,19-20H,4,7,10-12,14H2,1-3H3,(H,28,30)/b21-13-. The number of likely N-dealkylation sites (N-methyl/N-ethyl adjacent to an activating group) is 1. The SMILES string of the molecule is CC(C)OCCCNC(=O)C1CCC2S/C(=C\c3ccc(C(F)(F)F)cc3)C(=O)N(C)C2C1. The summed E-state index contributed by atoms with van der Waals surface area (Å²) in [5.41, 5.74) is -0.159. The zero-order valence-electron chi connectivity index (χ0n) is 19.2. The first-order valence-corrected chi connectivity index (χ1v) is 12.2. The van der Waals surface area contributed by atoms with Crippen molar-refractivity contribution in [2.75, 3.05) is 20.2 Å². The molecule has 3 unspecified atom stereocenters. The van der Waals surface area contributed by atoms with Gasteiger partial charge in [-0.3, -0.25) is 9.59 Å². The molecule has 1 aromatic carbocycles. The molecule has 1 saturated heterocycles.